The van der Waals surface area contributed by atoms with E-state index in [0.717, 1.165) is 69.4 Å². The lowest BCUT2D eigenvalue weighted by Crippen LogP contribution is -2.39. The number of anilines is 1. The van der Waals surface area contributed by atoms with Crippen LogP contribution in [-0.4, -0.2) is 77.5 Å². The number of aromatic hydroxyl groups is 1. The number of benzene rings is 2. The van der Waals surface area contributed by atoms with Gasteiger partial charge in [0.15, 0.2) is 5.82 Å². The summed E-state index contributed by atoms with van der Waals surface area (Å²) in [5.41, 5.74) is 0.903. The third-order valence-corrected chi connectivity index (χ3v) is 9.28. The highest BCUT2D eigenvalue weighted by Crippen LogP contribution is 2.41. The molecule has 1 N–H and O–H groups in total. The lowest BCUT2D eigenvalue weighted by Gasteiger charge is -2.34. The predicted octanol–water partition coefficient (Wildman–Crippen LogP) is 5.81. The fourth-order valence-electron chi connectivity index (χ4n) is 7.21. The number of ether oxygens (including phenoxy) is 2. The monoisotopic (exact) mass is 571 g/mol. The Hall–Kier alpha value is -3.56. The molecule has 3 aliphatic rings. The second kappa shape index (κ2) is 11.6. The van der Waals surface area contributed by atoms with Crippen LogP contribution in [0.4, 0.5) is 10.2 Å². The molecule has 2 unspecified atom stereocenters. The van der Waals surface area contributed by atoms with E-state index in [1.165, 1.54) is 19.3 Å². The van der Waals surface area contributed by atoms with Gasteiger partial charge in [-0.1, -0.05) is 24.3 Å². The Morgan fingerprint density at radius 1 is 1.00 bits per heavy atom. The Balaban J connectivity index is 1.26. The lowest BCUT2D eigenvalue weighted by molar-refractivity contribution is 0.0866. The Morgan fingerprint density at radius 2 is 1.79 bits per heavy atom. The van der Waals surface area contributed by atoms with Crippen molar-refractivity contribution in [2.45, 2.75) is 44.6 Å². The van der Waals surface area contributed by atoms with Gasteiger partial charge in [0.2, 0.25) is 0 Å². The highest BCUT2D eigenvalue weighted by atomic mass is 19.1. The molecule has 1 saturated carbocycles. The van der Waals surface area contributed by atoms with Gasteiger partial charge in [0.25, 0.3) is 0 Å². The van der Waals surface area contributed by atoms with Gasteiger partial charge < -0.3 is 24.4 Å². The summed E-state index contributed by atoms with van der Waals surface area (Å²) in [6.45, 7) is 5.47. The van der Waals surface area contributed by atoms with Crippen molar-refractivity contribution in [2.75, 3.05) is 51.3 Å². The third-order valence-electron chi connectivity index (χ3n) is 9.28. The molecular formula is C33H38FN5O3. The summed E-state index contributed by atoms with van der Waals surface area (Å²) in [7, 11) is 1.74. The van der Waals surface area contributed by atoms with E-state index in [-0.39, 0.29) is 29.1 Å². The number of fused-ring (bicyclic) bond motifs is 4. The molecule has 2 aromatic heterocycles. The van der Waals surface area contributed by atoms with Gasteiger partial charge >= 0.3 is 6.01 Å². The van der Waals surface area contributed by atoms with E-state index in [1.54, 1.807) is 25.4 Å². The molecule has 4 aromatic rings. The van der Waals surface area contributed by atoms with Gasteiger partial charge in [-0.05, 0) is 73.3 Å². The number of aromatic nitrogens is 3. The molecule has 9 heteroatoms. The normalized spacial score (nSPS) is 21.4. The summed E-state index contributed by atoms with van der Waals surface area (Å²) in [4.78, 5) is 18.9. The summed E-state index contributed by atoms with van der Waals surface area (Å²) in [6, 6.07) is 11.1. The fraction of sp³-hybridized carbons (Fsp3) is 0.485. The summed E-state index contributed by atoms with van der Waals surface area (Å²) in [5, 5.41) is 12.7. The molecule has 42 heavy (non-hydrogen) atoms. The number of rotatable bonds is 8. The molecule has 2 aliphatic heterocycles. The zero-order chi connectivity index (χ0) is 28.6. The molecular weight excluding hydrogens is 533 g/mol. The van der Waals surface area contributed by atoms with Crippen LogP contribution >= 0.6 is 0 Å². The van der Waals surface area contributed by atoms with Crippen LogP contribution in [0.2, 0.25) is 0 Å². The van der Waals surface area contributed by atoms with Crippen molar-refractivity contribution in [2.24, 2.45) is 11.8 Å². The third kappa shape index (κ3) is 5.36. The van der Waals surface area contributed by atoms with E-state index in [1.807, 2.05) is 24.3 Å². The van der Waals surface area contributed by atoms with Crippen molar-refractivity contribution in [3.63, 3.8) is 0 Å². The van der Waals surface area contributed by atoms with Crippen LogP contribution in [0.3, 0.4) is 0 Å². The van der Waals surface area contributed by atoms with Crippen LogP contribution in [0.1, 0.15) is 38.5 Å². The molecule has 0 radical (unpaired) electrons. The fourth-order valence-corrected chi connectivity index (χ4v) is 7.21. The number of phenols is 1. The summed E-state index contributed by atoms with van der Waals surface area (Å²) >= 11 is 0. The molecule has 220 valence electrons. The number of likely N-dealkylation sites (tertiary alicyclic amines) is 1. The standard InChI is InChI=1S/C33H38FN5O3/c1-41-14-4-11-38-12-9-25(10-13-38)42-33-36-31-28(32(37-33)39-19-21-7-8-22(15-21)20-39)18-35-30(29(31)34)27-17-24(40)16-23-5-2-3-6-26(23)27/h2-3,5-6,16-18,21-22,25,40H,4,7-15,19-20H2,1H3. The first-order valence-electron chi connectivity index (χ1n) is 15.3. The summed E-state index contributed by atoms with van der Waals surface area (Å²) in [6.07, 6.45) is 8.16. The van der Waals surface area contributed by atoms with E-state index >= 15 is 4.39 Å². The lowest BCUT2D eigenvalue weighted by atomic mass is 9.98. The van der Waals surface area contributed by atoms with Crippen LogP contribution in [0, 0.1) is 17.7 Å². The maximum Gasteiger partial charge on any atom is 0.319 e. The summed E-state index contributed by atoms with van der Waals surface area (Å²) in [5.74, 6) is 1.52. The molecule has 4 heterocycles. The molecule has 2 bridgehead atoms. The molecule has 0 spiro atoms. The van der Waals surface area contributed by atoms with Crippen LogP contribution < -0.4 is 9.64 Å². The van der Waals surface area contributed by atoms with Crippen molar-refractivity contribution in [3.05, 3.63) is 48.4 Å². The molecule has 3 fully saturated rings. The zero-order valence-electron chi connectivity index (χ0n) is 24.1. The quantitative estimate of drug-likeness (QED) is 0.266. The van der Waals surface area contributed by atoms with Crippen LogP contribution in [0.5, 0.6) is 11.8 Å². The van der Waals surface area contributed by atoms with Crippen molar-refractivity contribution >= 4 is 27.5 Å². The molecule has 2 atom stereocenters. The van der Waals surface area contributed by atoms with Gasteiger partial charge in [0, 0.05) is 58.2 Å². The number of piperidine rings is 2. The summed E-state index contributed by atoms with van der Waals surface area (Å²) < 4.78 is 28.2. The number of phenolic OH excluding ortho intramolecular Hbond substituents is 1. The van der Waals surface area contributed by atoms with Gasteiger partial charge in [-0.15, -0.1) is 0 Å². The van der Waals surface area contributed by atoms with Crippen LogP contribution in [-0.2, 0) is 4.74 Å². The first-order valence-corrected chi connectivity index (χ1v) is 15.3. The highest BCUT2D eigenvalue weighted by molar-refractivity contribution is 5.99. The van der Waals surface area contributed by atoms with Crippen molar-refractivity contribution in [1.82, 2.24) is 19.9 Å². The SMILES string of the molecule is COCCCN1CCC(Oc2nc(N3CC4CCC(C4)C3)c3cnc(-c4cc(O)cc5ccccc45)c(F)c3n2)CC1. The number of nitrogens with zero attached hydrogens (tertiary/aromatic N) is 5. The highest BCUT2D eigenvalue weighted by Gasteiger charge is 2.35. The number of pyridine rings is 1. The Kier molecular flexibility index (Phi) is 7.54. The first-order chi connectivity index (χ1) is 20.6. The van der Waals surface area contributed by atoms with Crippen molar-refractivity contribution in [1.29, 1.82) is 0 Å². The molecule has 2 aromatic carbocycles. The average Bonchev–Trinajstić information content (AvgIpc) is 3.34. The Bertz CT molecular complexity index is 1580. The Morgan fingerprint density at radius 3 is 2.57 bits per heavy atom. The first kappa shape index (κ1) is 27.3. The zero-order valence-corrected chi connectivity index (χ0v) is 24.1. The molecule has 1 aliphatic carbocycles. The molecule has 2 saturated heterocycles. The minimum Gasteiger partial charge on any atom is -0.508 e. The van der Waals surface area contributed by atoms with Gasteiger partial charge in [-0.2, -0.15) is 9.97 Å². The number of methoxy groups -OCH3 is 1. The number of halogens is 1. The van der Waals surface area contributed by atoms with Crippen molar-refractivity contribution in [3.8, 4) is 23.0 Å². The molecule has 7 rings (SSSR count). The minimum atomic E-state index is -0.523. The largest absolute Gasteiger partial charge is 0.508 e. The average molecular weight is 572 g/mol. The second-order valence-electron chi connectivity index (χ2n) is 12.2. The van der Waals surface area contributed by atoms with Gasteiger partial charge in [-0.3, -0.25) is 4.98 Å². The predicted molar refractivity (Wildman–Crippen MR) is 162 cm³/mol. The maximum absolute atomic E-state index is 16.6. The van der Waals surface area contributed by atoms with E-state index in [9.17, 15) is 5.11 Å². The van der Waals surface area contributed by atoms with E-state index in [4.69, 9.17) is 14.5 Å². The van der Waals surface area contributed by atoms with Crippen LogP contribution in [0.15, 0.2) is 42.6 Å². The van der Waals surface area contributed by atoms with Gasteiger partial charge in [-0.25, -0.2) is 4.39 Å². The maximum atomic E-state index is 16.6. The molecule has 8 nitrogen and oxygen atoms in total. The minimum absolute atomic E-state index is 0.0223. The van der Waals surface area contributed by atoms with E-state index in [2.05, 4.69) is 19.8 Å². The Labute approximate surface area is 245 Å². The van der Waals surface area contributed by atoms with E-state index in [0.29, 0.717) is 28.6 Å². The van der Waals surface area contributed by atoms with Crippen molar-refractivity contribution < 1.29 is 19.0 Å². The second-order valence-corrected chi connectivity index (χ2v) is 12.2. The smallest absolute Gasteiger partial charge is 0.319 e. The van der Waals surface area contributed by atoms with Gasteiger partial charge in [0.1, 0.15) is 28.9 Å². The van der Waals surface area contributed by atoms with Gasteiger partial charge in [0.05, 0.1) is 5.39 Å². The van der Waals surface area contributed by atoms with Crippen LogP contribution in [0.25, 0.3) is 32.9 Å². The van der Waals surface area contributed by atoms with E-state index < -0.39 is 5.82 Å². The topological polar surface area (TPSA) is 83.8 Å². The number of hydrogen-bond acceptors (Lipinski definition) is 8. The number of hydrogen-bond donors (Lipinski definition) is 1. The molecule has 0 amide bonds.